The molecule has 4 atom stereocenters. The number of carbonyl (C=O) groups is 4. The number of benzene rings is 4. The lowest BCUT2D eigenvalue weighted by Crippen LogP contribution is -2.53. The first-order valence-electron chi connectivity index (χ1n) is 13.5. The third-order valence-corrected chi connectivity index (χ3v) is 6.85. The van der Waals surface area contributed by atoms with Gasteiger partial charge in [-0.1, -0.05) is 72.8 Å². The van der Waals surface area contributed by atoms with Gasteiger partial charge in [-0.3, -0.25) is 0 Å². The molecule has 0 aliphatic carbocycles. The standard InChI is InChI=1S/C34H28O9/c1-34(43-32(38)26-20-12-5-13-21-26)28(41-30(36)24-16-8-3-9-17-24)27(22-39-29(35)23-14-6-2-7-15-23)40-33(34)42-31(37)25-18-10-4-11-19-25/h2-21,27-28,33H,22H2,1H3/t27-,28+,33+,34-/m1/s1. The van der Waals surface area contributed by atoms with Gasteiger partial charge in [-0.15, -0.1) is 0 Å². The normalized spacial score (nSPS) is 20.9. The maximum Gasteiger partial charge on any atom is 0.340 e. The summed E-state index contributed by atoms with van der Waals surface area (Å²) < 4.78 is 29.1. The highest BCUT2D eigenvalue weighted by Gasteiger charge is 2.61. The third kappa shape index (κ3) is 6.79. The van der Waals surface area contributed by atoms with E-state index in [0.717, 1.165) is 0 Å². The van der Waals surface area contributed by atoms with Gasteiger partial charge >= 0.3 is 23.9 Å². The van der Waals surface area contributed by atoms with E-state index in [1.54, 1.807) is 121 Å². The molecule has 4 aromatic carbocycles. The van der Waals surface area contributed by atoms with Crippen LogP contribution in [0.3, 0.4) is 0 Å². The maximum absolute atomic E-state index is 13.3. The lowest BCUT2D eigenvalue weighted by atomic mass is 9.96. The minimum absolute atomic E-state index is 0.212. The smallest absolute Gasteiger partial charge is 0.340 e. The van der Waals surface area contributed by atoms with Crippen molar-refractivity contribution in [2.24, 2.45) is 0 Å². The molecular formula is C34H28O9. The van der Waals surface area contributed by atoms with Crippen LogP contribution in [0.2, 0.25) is 0 Å². The fraction of sp³-hybridized carbons (Fsp3) is 0.176. The molecule has 0 saturated carbocycles. The number of esters is 4. The number of hydrogen-bond donors (Lipinski definition) is 0. The van der Waals surface area contributed by atoms with E-state index in [1.807, 2.05) is 0 Å². The molecule has 9 heteroatoms. The Morgan fingerprint density at radius 3 is 1.44 bits per heavy atom. The van der Waals surface area contributed by atoms with E-state index in [-0.39, 0.29) is 16.7 Å². The lowest BCUT2D eigenvalue weighted by Gasteiger charge is -2.33. The molecule has 0 bridgehead atoms. The van der Waals surface area contributed by atoms with Crippen molar-refractivity contribution in [1.82, 2.24) is 0 Å². The Balaban J connectivity index is 1.48. The molecule has 5 rings (SSSR count). The van der Waals surface area contributed by atoms with Crippen molar-refractivity contribution in [2.75, 3.05) is 6.61 Å². The van der Waals surface area contributed by atoms with Crippen LogP contribution >= 0.6 is 0 Å². The molecule has 0 spiro atoms. The number of ether oxygens (including phenoxy) is 5. The van der Waals surface area contributed by atoms with E-state index in [4.69, 9.17) is 23.7 Å². The molecule has 1 aliphatic heterocycles. The van der Waals surface area contributed by atoms with Crippen LogP contribution in [0.15, 0.2) is 121 Å². The Kier molecular flexibility index (Phi) is 8.93. The highest BCUT2D eigenvalue weighted by Crippen LogP contribution is 2.39. The predicted molar refractivity (Wildman–Crippen MR) is 153 cm³/mol. The van der Waals surface area contributed by atoms with Crippen molar-refractivity contribution in [3.63, 3.8) is 0 Å². The van der Waals surface area contributed by atoms with E-state index in [0.29, 0.717) is 5.56 Å². The minimum Gasteiger partial charge on any atom is -0.459 e. The van der Waals surface area contributed by atoms with Crippen molar-refractivity contribution in [1.29, 1.82) is 0 Å². The van der Waals surface area contributed by atoms with E-state index in [2.05, 4.69) is 0 Å². The Morgan fingerprint density at radius 1 is 0.581 bits per heavy atom. The van der Waals surface area contributed by atoms with Gasteiger partial charge in [-0.05, 0) is 55.5 Å². The van der Waals surface area contributed by atoms with Gasteiger partial charge in [0.05, 0.1) is 22.3 Å². The summed E-state index contributed by atoms with van der Waals surface area (Å²) in [5.41, 5.74) is -0.901. The molecule has 9 nitrogen and oxygen atoms in total. The Hall–Kier alpha value is -5.28. The first kappa shape index (κ1) is 29.2. The highest BCUT2D eigenvalue weighted by molar-refractivity contribution is 5.91. The van der Waals surface area contributed by atoms with Crippen LogP contribution in [0.5, 0.6) is 0 Å². The molecule has 1 fully saturated rings. The zero-order chi connectivity index (χ0) is 30.2. The third-order valence-electron chi connectivity index (χ3n) is 6.85. The molecule has 0 radical (unpaired) electrons. The van der Waals surface area contributed by atoms with Crippen LogP contribution in [-0.2, 0) is 23.7 Å². The summed E-state index contributed by atoms with van der Waals surface area (Å²) in [6.07, 6.45) is -4.07. The van der Waals surface area contributed by atoms with Gasteiger partial charge in [-0.2, -0.15) is 0 Å². The second-order valence-corrected chi connectivity index (χ2v) is 9.87. The Labute approximate surface area is 247 Å². The average molecular weight is 581 g/mol. The van der Waals surface area contributed by atoms with Gasteiger partial charge < -0.3 is 23.7 Å². The number of rotatable bonds is 9. The molecule has 1 aliphatic rings. The van der Waals surface area contributed by atoms with Crippen LogP contribution in [0.25, 0.3) is 0 Å². The number of hydrogen-bond acceptors (Lipinski definition) is 9. The summed E-state index contributed by atoms with van der Waals surface area (Å²) in [4.78, 5) is 52.5. The van der Waals surface area contributed by atoms with Crippen LogP contribution < -0.4 is 0 Å². The summed E-state index contributed by atoms with van der Waals surface area (Å²) in [5.74, 6) is -2.92. The van der Waals surface area contributed by atoms with Crippen molar-refractivity contribution >= 4 is 23.9 Å². The summed E-state index contributed by atoms with van der Waals surface area (Å²) in [6, 6.07) is 32.8. The summed E-state index contributed by atoms with van der Waals surface area (Å²) in [5, 5.41) is 0. The Morgan fingerprint density at radius 2 is 0.977 bits per heavy atom. The van der Waals surface area contributed by atoms with Gasteiger partial charge in [0, 0.05) is 0 Å². The van der Waals surface area contributed by atoms with Crippen LogP contribution in [0, 0.1) is 0 Å². The molecule has 0 N–H and O–H groups in total. The van der Waals surface area contributed by atoms with Crippen molar-refractivity contribution in [3.05, 3.63) is 144 Å². The molecule has 4 aromatic rings. The van der Waals surface area contributed by atoms with E-state index in [1.165, 1.54) is 6.92 Å². The van der Waals surface area contributed by atoms with Crippen molar-refractivity contribution in [2.45, 2.75) is 31.0 Å². The molecule has 218 valence electrons. The van der Waals surface area contributed by atoms with E-state index >= 15 is 0 Å². The molecule has 1 heterocycles. The lowest BCUT2D eigenvalue weighted by molar-refractivity contribution is -0.175. The summed E-state index contributed by atoms with van der Waals surface area (Å²) in [6.45, 7) is 1.04. The topological polar surface area (TPSA) is 114 Å². The fourth-order valence-corrected chi connectivity index (χ4v) is 4.58. The SMILES string of the molecule is C[C@]1(OC(=O)c2ccccc2)[C@H](OC(=O)c2ccccc2)O[C@H](COC(=O)c2ccccc2)[C@@H]1OC(=O)c1ccccc1. The van der Waals surface area contributed by atoms with Crippen molar-refractivity contribution < 1.29 is 42.9 Å². The number of carbonyl (C=O) groups excluding carboxylic acids is 4. The monoisotopic (exact) mass is 580 g/mol. The molecule has 0 aromatic heterocycles. The molecule has 1 saturated heterocycles. The fourth-order valence-electron chi connectivity index (χ4n) is 4.58. The zero-order valence-electron chi connectivity index (χ0n) is 23.2. The molecule has 0 unspecified atom stereocenters. The van der Waals surface area contributed by atoms with E-state index < -0.39 is 54.6 Å². The quantitative estimate of drug-likeness (QED) is 0.193. The minimum atomic E-state index is -1.86. The van der Waals surface area contributed by atoms with Gasteiger partial charge in [0.25, 0.3) is 0 Å². The molecule has 0 amide bonds. The second kappa shape index (κ2) is 13.1. The van der Waals surface area contributed by atoms with Crippen LogP contribution in [-0.4, -0.2) is 54.6 Å². The average Bonchev–Trinajstić information content (AvgIpc) is 3.30. The first-order valence-corrected chi connectivity index (χ1v) is 13.5. The summed E-state index contributed by atoms with van der Waals surface area (Å²) in [7, 11) is 0. The van der Waals surface area contributed by atoms with E-state index in [9.17, 15) is 19.2 Å². The van der Waals surface area contributed by atoms with Gasteiger partial charge in [0.2, 0.25) is 11.9 Å². The molecule has 43 heavy (non-hydrogen) atoms. The van der Waals surface area contributed by atoms with Crippen molar-refractivity contribution in [3.8, 4) is 0 Å². The highest BCUT2D eigenvalue weighted by atomic mass is 16.8. The maximum atomic E-state index is 13.3. The molecular weight excluding hydrogens is 552 g/mol. The Bertz CT molecular complexity index is 1560. The largest absolute Gasteiger partial charge is 0.459 e. The zero-order valence-corrected chi connectivity index (χ0v) is 23.2. The van der Waals surface area contributed by atoms with Gasteiger partial charge in [0.1, 0.15) is 12.7 Å². The van der Waals surface area contributed by atoms with Crippen LogP contribution in [0.4, 0.5) is 0 Å². The summed E-state index contributed by atoms with van der Waals surface area (Å²) >= 11 is 0. The second-order valence-electron chi connectivity index (χ2n) is 9.87. The van der Waals surface area contributed by atoms with Gasteiger partial charge in [0.15, 0.2) is 6.10 Å². The first-order chi connectivity index (χ1) is 20.8. The van der Waals surface area contributed by atoms with Crippen LogP contribution in [0.1, 0.15) is 48.4 Å². The predicted octanol–water partition coefficient (Wildman–Crippen LogP) is 5.27. The van der Waals surface area contributed by atoms with Gasteiger partial charge in [-0.25, -0.2) is 19.2 Å².